The summed E-state index contributed by atoms with van der Waals surface area (Å²) in [6, 6.07) is 0. The first-order chi connectivity index (χ1) is 5.49. The number of Topliss-reactive ketones (excluding diaryl/α,β-unsaturated/α-hetero) is 1. The number of hydrogen-bond acceptors (Lipinski definition) is 3. The van der Waals surface area contributed by atoms with Crippen LogP contribution in [0.5, 0.6) is 0 Å². The molecule has 0 atom stereocenters. The molecule has 3 heteroatoms. The first-order valence-corrected chi connectivity index (χ1v) is 3.77. The molecule has 0 aromatic heterocycles. The summed E-state index contributed by atoms with van der Waals surface area (Å²) in [7, 11) is 1.29. The highest BCUT2D eigenvalue weighted by Crippen LogP contribution is 2.08. The fourth-order valence-electron chi connectivity index (χ4n) is 0.742. The predicted molar refractivity (Wildman–Crippen MR) is 45.6 cm³/mol. The smallest absolute Gasteiger partial charge is 0.310 e. The van der Waals surface area contributed by atoms with Crippen molar-refractivity contribution in [1.82, 2.24) is 0 Å². The molecule has 0 aliphatic heterocycles. The number of esters is 1. The zero-order valence-electron chi connectivity index (χ0n) is 7.72. The van der Waals surface area contributed by atoms with Crippen LogP contribution in [0.2, 0.25) is 0 Å². The maximum atomic E-state index is 11.2. The third-order valence-electron chi connectivity index (χ3n) is 1.46. The zero-order valence-corrected chi connectivity index (χ0v) is 7.72. The van der Waals surface area contributed by atoms with Crippen molar-refractivity contribution in [2.75, 3.05) is 7.11 Å². The Balaban J connectivity index is 4.05. The Morgan fingerprint density at radius 3 is 2.25 bits per heavy atom. The van der Waals surface area contributed by atoms with E-state index in [-0.39, 0.29) is 18.1 Å². The molecule has 0 fully saturated rings. The van der Waals surface area contributed by atoms with E-state index in [1.54, 1.807) is 13.8 Å². The summed E-state index contributed by atoms with van der Waals surface area (Å²) in [4.78, 5) is 21.9. The van der Waals surface area contributed by atoms with Gasteiger partial charge in [0.25, 0.3) is 0 Å². The van der Waals surface area contributed by atoms with Gasteiger partial charge in [-0.2, -0.15) is 0 Å². The van der Waals surface area contributed by atoms with E-state index in [0.717, 1.165) is 0 Å². The lowest BCUT2D eigenvalue weighted by Gasteiger charge is -2.05. The van der Waals surface area contributed by atoms with Crippen molar-refractivity contribution in [1.29, 1.82) is 0 Å². The first-order valence-electron chi connectivity index (χ1n) is 3.77. The van der Waals surface area contributed by atoms with Crippen molar-refractivity contribution < 1.29 is 14.3 Å². The molecule has 0 saturated carbocycles. The Bertz CT molecular complexity index is 204. The molecule has 0 aromatic rings. The van der Waals surface area contributed by atoms with Gasteiger partial charge in [0.2, 0.25) is 0 Å². The van der Waals surface area contributed by atoms with E-state index in [1.807, 2.05) is 0 Å². The highest BCUT2D eigenvalue weighted by Gasteiger charge is 2.14. The minimum absolute atomic E-state index is 0.00644. The van der Waals surface area contributed by atoms with Gasteiger partial charge in [0.15, 0.2) is 5.78 Å². The van der Waals surface area contributed by atoms with Crippen LogP contribution in [0.15, 0.2) is 12.2 Å². The fraction of sp³-hybridized carbons (Fsp3) is 0.556. The quantitative estimate of drug-likeness (QED) is 0.472. The number of carbonyl (C=O) groups is 2. The zero-order chi connectivity index (χ0) is 9.72. The molecule has 0 saturated heterocycles. The number of hydrogen-bond donors (Lipinski definition) is 0. The lowest BCUT2D eigenvalue weighted by molar-refractivity contribution is -0.140. The maximum absolute atomic E-state index is 11.2. The molecule has 12 heavy (non-hydrogen) atoms. The molecule has 0 spiro atoms. The standard InChI is InChI=1S/C9H14O3/c1-6(2)9(11)7(3)5-8(10)12-4/h6H,3,5H2,1-2,4H3. The van der Waals surface area contributed by atoms with Crippen LogP contribution in [0.25, 0.3) is 0 Å². The van der Waals surface area contributed by atoms with E-state index in [4.69, 9.17) is 0 Å². The molecule has 0 aliphatic carbocycles. The molecule has 0 aliphatic rings. The SMILES string of the molecule is C=C(CC(=O)OC)C(=O)C(C)C. The van der Waals surface area contributed by atoms with Crippen molar-refractivity contribution in [2.24, 2.45) is 5.92 Å². The van der Waals surface area contributed by atoms with Crippen molar-refractivity contribution in [3.8, 4) is 0 Å². The molecule has 3 nitrogen and oxygen atoms in total. The number of carbonyl (C=O) groups excluding carboxylic acids is 2. The summed E-state index contributed by atoms with van der Waals surface area (Å²) >= 11 is 0. The third-order valence-corrected chi connectivity index (χ3v) is 1.46. The molecular formula is C9H14O3. The van der Waals surface area contributed by atoms with Crippen molar-refractivity contribution >= 4 is 11.8 Å². The molecular weight excluding hydrogens is 156 g/mol. The van der Waals surface area contributed by atoms with Crippen LogP contribution in [0.4, 0.5) is 0 Å². The highest BCUT2D eigenvalue weighted by molar-refractivity contribution is 5.99. The van der Waals surface area contributed by atoms with Crippen LogP contribution < -0.4 is 0 Å². The van der Waals surface area contributed by atoms with Gasteiger partial charge in [-0.05, 0) is 5.57 Å². The van der Waals surface area contributed by atoms with E-state index < -0.39 is 5.97 Å². The minimum Gasteiger partial charge on any atom is -0.469 e. The number of rotatable bonds is 4. The molecule has 0 bridgehead atoms. The second-order valence-corrected chi connectivity index (χ2v) is 2.88. The van der Waals surface area contributed by atoms with Gasteiger partial charge in [-0.3, -0.25) is 9.59 Å². The Hall–Kier alpha value is -1.12. The Labute approximate surface area is 72.4 Å². The van der Waals surface area contributed by atoms with Gasteiger partial charge in [-0.15, -0.1) is 0 Å². The highest BCUT2D eigenvalue weighted by atomic mass is 16.5. The molecule has 0 unspecified atom stereocenters. The lowest BCUT2D eigenvalue weighted by atomic mass is 10.0. The summed E-state index contributed by atoms with van der Waals surface area (Å²) < 4.78 is 4.40. The van der Waals surface area contributed by atoms with Crippen molar-refractivity contribution in [3.63, 3.8) is 0 Å². The molecule has 68 valence electrons. The van der Waals surface area contributed by atoms with Gasteiger partial charge in [-0.25, -0.2) is 0 Å². The van der Waals surface area contributed by atoms with Crippen LogP contribution in [0.3, 0.4) is 0 Å². The van der Waals surface area contributed by atoms with Crippen LogP contribution in [-0.2, 0) is 14.3 Å². The van der Waals surface area contributed by atoms with Gasteiger partial charge in [0.1, 0.15) is 0 Å². The molecule has 0 radical (unpaired) electrons. The average Bonchev–Trinajstić information content (AvgIpc) is 2.02. The summed E-state index contributed by atoms with van der Waals surface area (Å²) in [5.74, 6) is -0.614. The second-order valence-electron chi connectivity index (χ2n) is 2.88. The molecule has 0 rings (SSSR count). The van der Waals surface area contributed by atoms with Crippen molar-refractivity contribution in [3.05, 3.63) is 12.2 Å². The average molecular weight is 170 g/mol. The monoisotopic (exact) mass is 170 g/mol. The van der Waals surface area contributed by atoms with Gasteiger partial charge in [0.05, 0.1) is 13.5 Å². The summed E-state index contributed by atoms with van der Waals surface area (Å²) in [6.45, 7) is 7.05. The summed E-state index contributed by atoms with van der Waals surface area (Å²) in [6.07, 6.45) is -0.00644. The second kappa shape index (κ2) is 4.70. The molecule has 0 heterocycles. The number of methoxy groups -OCH3 is 1. The van der Waals surface area contributed by atoms with Gasteiger partial charge >= 0.3 is 5.97 Å². The number of ketones is 1. The van der Waals surface area contributed by atoms with E-state index >= 15 is 0 Å². The molecule has 0 N–H and O–H groups in total. The van der Waals surface area contributed by atoms with Gasteiger partial charge in [-0.1, -0.05) is 20.4 Å². The normalized spacial score (nSPS) is 9.67. The Kier molecular flexibility index (Phi) is 4.26. The minimum atomic E-state index is -0.422. The third kappa shape index (κ3) is 3.32. The van der Waals surface area contributed by atoms with Crippen LogP contribution in [-0.4, -0.2) is 18.9 Å². The van der Waals surface area contributed by atoms with E-state index in [9.17, 15) is 9.59 Å². The van der Waals surface area contributed by atoms with E-state index in [1.165, 1.54) is 7.11 Å². The summed E-state index contributed by atoms with van der Waals surface area (Å²) in [5, 5.41) is 0. The van der Waals surface area contributed by atoms with Gasteiger partial charge < -0.3 is 4.74 Å². The fourth-order valence-corrected chi connectivity index (χ4v) is 0.742. The predicted octanol–water partition coefficient (Wildman–Crippen LogP) is 1.33. The van der Waals surface area contributed by atoms with E-state index in [2.05, 4.69) is 11.3 Å². The van der Waals surface area contributed by atoms with Crippen LogP contribution in [0.1, 0.15) is 20.3 Å². The van der Waals surface area contributed by atoms with Crippen molar-refractivity contribution in [2.45, 2.75) is 20.3 Å². The van der Waals surface area contributed by atoms with Gasteiger partial charge in [0, 0.05) is 5.92 Å². The largest absolute Gasteiger partial charge is 0.469 e. The lowest BCUT2D eigenvalue weighted by Crippen LogP contribution is -2.13. The molecule has 0 aromatic carbocycles. The number of ether oxygens (including phenoxy) is 1. The Morgan fingerprint density at radius 2 is 1.92 bits per heavy atom. The molecule has 0 amide bonds. The van der Waals surface area contributed by atoms with E-state index in [0.29, 0.717) is 5.57 Å². The summed E-state index contributed by atoms with van der Waals surface area (Å²) in [5.41, 5.74) is 0.317. The Morgan fingerprint density at radius 1 is 1.42 bits per heavy atom. The van der Waals surface area contributed by atoms with Crippen LogP contribution >= 0.6 is 0 Å². The first kappa shape index (κ1) is 10.9. The maximum Gasteiger partial charge on any atom is 0.310 e. The topological polar surface area (TPSA) is 43.4 Å². The van der Waals surface area contributed by atoms with Crippen LogP contribution in [0, 0.1) is 5.92 Å².